The lowest BCUT2D eigenvalue weighted by Crippen LogP contribution is -2.39. The van der Waals surface area contributed by atoms with Crippen LogP contribution in [0.15, 0.2) is 0 Å². The Bertz CT molecular complexity index is 411. The van der Waals surface area contributed by atoms with Crippen molar-refractivity contribution in [2.45, 2.75) is 33.1 Å². The Morgan fingerprint density at radius 2 is 2.11 bits per heavy atom. The molecule has 6 heteroatoms. The molecule has 1 aliphatic heterocycles. The smallest absolute Gasteiger partial charge is 0.293 e. The number of rotatable bonds is 5. The highest BCUT2D eigenvalue weighted by Gasteiger charge is 2.23. The number of aromatic nitrogens is 3. The highest BCUT2D eigenvalue weighted by molar-refractivity contribution is 5.90. The molecule has 0 radical (unpaired) electrons. The van der Waals surface area contributed by atoms with Gasteiger partial charge in [-0.25, -0.2) is 4.98 Å². The van der Waals surface area contributed by atoms with E-state index in [-0.39, 0.29) is 5.91 Å². The molecular weight excluding hydrogens is 242 g/mol. The largest absolute Gasteiger partial charge is 0.336 e. The third-order valence-corrected chi connectivity index (χ3v) is 3.66. The van der Waals surface area contributed by atoms with Gasteiger partial charge in [-0.15, -0.1) is 5.10 Å². The molecule has 19 heavy (non-hydrogen) atoms. The van der Waals surface area contributed by atoms with E-state index < -0.39 is 0 Å². The zero-order valence-corrected chi connectivity index (χ0v) is 11.8. The van der Waals surface area contributed by atoms with Crippen molar-refractivity contribution in [3.63, 3.8) is 0 Å². The van der Waals surface area contributed by atoms with Gasteiger partial charge in [0.05, 0.1) is 0 Å². The summed E-state index contributed by atoms with van der Waals surface area (Å²) in [6, 6.07) is 0. The molecule has 2 N–H and O–H groups in total. The third-order valence-electron chi connectivity index (χ3n) is 3.66. The number of aromatic amines is 1. The second kappa shape index (κ2) is 6.65. The van der Waals surface area contributed by atoms with E-state index >= 15 is 0 Å². The van der Waals surface area contributed by atoms with Gasteiger partial charge in [0.25, 0.3) is 5.91 Å². The fourth-order valence-electron chi connectivity index (χ4n) is 2.42. The van der Waals surface area contributed by atoms with Gasteiger partial charge in [0.15, 0.2) is 0 Å². The minimum absolute atomic E-state index is 0.0583. The molecule has 0 aromatic carbocycles. The lowest BCUT2D eigenvalue weighted by atomic mass is 9.97. The molecule has 6 nitrogen and oxygen atoms in total. The second-order valence-electron chi connectivity index (χ2n) is 5.00. The number of nitrogens with one attached hydrogen (secondary N) is 2. The van der Waals surface area contributed by atoms with E-state index in [1.807, 2.05) is 18.7 Å². The normalized spacial score (nSPS) is 16.5. The van der Waals surface area contributed by atoms with Crippen molar-refractivity contribution < 1.29 is 4.79 Å². The molecule has 1 aromatic heterocycles. The van der Waals surface area contributed by atoms with Gasteiger partial charge >= 0.3 is 0 Å². The summed E-state index contributed by atoms with van der Waals surface area (Å²) in [5, 5.41) is 10.2. The molecule has 1 saturated heterocycles. The molecule has 0 bridgehead atoms. The predicted molar refractivity (Wildman–Crippen MR) is 72.9 cm³/mol. The molecule has 1 aromatic rings. The van der Waals surface area contributed by atoms with E-state index in [4.69, 9.17) is 0 Å². The lowest BCUT2D eigenvalue weighted by Gasteiger charge is -2.28. The monoisotopic (exact) mass is 265 g/mol. The number of hydrogen-bond donors (Lipinski definition) is 2. The number of aryl methyl sites for hydroxylation is 1. The number of H-pyrrole nitrogens is 1. The summed E-state index contributed by atoms with van der Waals surface area (Å²) >= 11 is 0. The van der Waals surface area contributed by atoms with Crippen LogP contribution in [-0.2, 0) is 6.42 Å². The first-order valence-electron chi connectivity index (χ1n) is 7.15. The minimum atomic E-state index is -0.0583. The fourth-order valence-corrected chi connectivity index (χ4v) is 2.42. The van der Waals surface area contributed by atoms with E-state index in [0.717, 1.165) is 44.7 Å². The SMILES string of the molecule is CCc1nc(C(=O)N(CC)CC2CCNCC2)n[nH]1. The highest BCUT2D eigenvalue weighted by atomic mass is 16.2. The molecule has 1 fully saturated rings. The van der Waals surface area contributed by atoms with E-state index in [1.165, 1.54) is 0 Å². The number of carbonyl (C=O) groups excluding carboxylic acids is 1. The van der Waals surface area contributed by atoms with Crippen molar-refractivity contribution in [2.75, 3.05) is 26.2 Å². The van der Waals surface area contributed by atoms with Gasteiger partial charge in [0.2, 0.25) is 5.82 Å². The molecule has 0 atom stereocenters. The first-order chi connectivity index (χ1) is 9.24. The Kier molecular flexibility index (Phi) is 4.90. The number of amides is 1. The Balaban J connectivity index is 1.97. The standard InChI is InChI=1S/C13H23N5O/c1-3-11-15-12(17-16-11)13(19)18(4-2)9-10-5-7-14-8-6-10/h10,14H,3-9H2,1-2H3,(H,15,16,17). The number of nitrogens with zero attached hydrogens (tertiary/aromatic N) is 3. The average molecular weight is 265 g/mol. The zero-order chi connectivity index (χ0) is 13.7. The van der Waals surface area contributed by atoms with Gasteiger partial charge in [-0.2, -0.15) is 0 Å². The Hall–Kier alpha value is -1.43. The molecule has 2 rings (SSSR count). The van der Waals surface area contributed by atoms with Gasteiger partial charge in [-0.1, -0.05) is 6.92 Å². The summed E-state index contributed by atoms with van der Waals surface area (Å²) in [6.07, 6.45) is 3.04. The van der Waals surface area contributed by atoms with Crippen LogP contribution in [0.5, 0.6) is 0 Å². The number of hydrogen-bond acceptors (Lipinski definition) is 4. The van der Waals surface area contributed by atoms with E-state index in [9.17, 15) is 4.79 Å². The third kappa shape index (κ3) is 3.53. The van der Waals surface area contributed by atoms with Gasteiger partial charge in [-0.3, -0.25) is 9.89 Å². The highest BCUT2D eigenvalue weighted by Crippen LogP contribution is 2.14. The molecule has 0 saturated carbocycles. The van der Waals surface area contributed by atoms with Crippen LogP contribution in [0.1, 0.15) is 43.1 Å². The van der Waals surface area contributed by atoms with E-state index in [1.54, 1.807) is 0 Å². The van der Waals surface area contributed by atoms with Crippen LogP contribution in [-0.4, -0.2) is 52.2 Å². The summed E-state index contributed by atoms with van der Waals surface area (Å²) < 4.78 is 0. The Labute approximate surface area is 114 Å². The molecule has 0 unspecified atom stereocenters. The molecule has 106 valence electrons. The average Bonchev–Trinajstić information content (AvgIpc) is 2.94. The molecule has 1 amide bonds. The molecule has 1 aliphatic rings. The molecule has 2 heterocycles. The van der Waals surface area contributed by atoms with Crippen LogP contribution in [0.3, 0.4) is 0 Å². The van der Waals surface area contributed by atoms with Crippen LogP contribution in [0.2, 0.25) is 0 Å². The Morgan fingerprint density at radius 3 is 2.68 bits per heavy atom. The number of piperidine rings is 1. The van der Waals surface area contributed by atoms with E-state index in [2.05, 4.69) is 20.5 Å². The molecule has 0 spiro atoms. The van der Waals surface area contributed by atoms with Gasteiger partial charge < -0.3 is 10.2 Å². The maximum Gasteiger partial charge on any atom is 0.293 e. The van der Waals surface area contributed by atoms with Crippen molar-refractivity contribution in [3.05, 3.63) is 11.6 Å². The summed E-state index contributed by atoms with van der Waals surface area (Å²) in [4.78, 5) is 18.4. The van der Waals surface area contributed by atoms with Gasteiger partial charge in [0, 0.05) is 19.5 Å². The first-order valence-corrected chi connectivity index (χ1v) is 7.15. The summed E-state index contributed by atoms with van der Waals surface area (Å²) in [7, 11) is 0. The first kappa shape index (κ1) is 14.0. The van der Waals surface area contributed by atoms with Crippen LogP contribution in [0.25, 0.3) is 0 Å². The van der Waals surface area contributed by atoms with Crippen molar-refractivity contribution >= 4 is 5.91 Å². The molecule has 0 aliphatic carbocycles. The van der Waals surface area contributed by atoms with E-state index in [0.29, 0.717) is 18.3 Å². The minimum Gasteiger partial charge on any atom is -0.336 e. The fraction of sp³-hybridized carbons (Fsp3) is 0.769. The second-order valence-corrected chi connectivity index (χ2v) is 5.00. The quantitative estimate of drug-likeness (QED) is 0.827. The summed E-state index contributed by atoms with van der Waals surface area (Å²) in [5.74, 6) is 1.60. The van der Waals surface area contributed by atoms with Crippen molar-refractivity contribution in [1.29, 1.82) is 0 Å². The maximum atomic E-state index is 12.3. The van der Waals surface area contributed by atoms with Crippen LogP contribution in [0.4, 0.5) is 0 Å². The zero-order valence-electron chi connectivity index (χ0n) is 11.8. The van der Waals surface area contributed by atoms with Crippen LogP contribution >= 0.6 is 0 Å². The maximum absolute atomic E-state index is 12.3. The van der Waals surface area contributed by atoms with Crippen molar-refractivity contribution in [2.24, 2.45) is 5.92 Å². The predicted octanol–water partition coefficient (Wildman–Crippen LogP) is 0.829. The lowest BCUT2D eigenvalue weighted by molar-refractivity contribution is 0.0715. The van der Waals surface area contributed by atoms with Crippen molar-refractivity contribution in [3.8, 4) is 0 Å². The van der Waals surface area contributed by atoms with Crippen LogP contribution in [0, 0.1) is 5.92 Å². The topological polar surface area (TPSA) is 73.9 Å². The van der Waals surface area contributed by atoms with Gasteiger partial charge in [-0.05, 0) is 38.8 Å². The number of carbonyl (C=O) groups is 1. The van der Waals surface area contributed by atoms with Gasteiger partial charge in [0.1, 0.15) is 5.82 Å². The van der Waals surface area contributed by atoms with Crippen molar-refractivity contribution in [1.82, 2.24) is 25.4 Å². The summed E-state index contributed by atoms with van der Waals surface area (Å²) in [5.41, 5.74) is 0. The Morgan fingerprint density at radius 1 is 1.37 bits per heavy atom. The van der Waals surface area contributed by atoms with Crippen LogP contribution < -0.4 is 5.32 Å². The molecular formula is C13H23N5O. The summed E-state index contributed by atoms with van der Waals surface area (Å²) in [6.45, 7) is 7.62.